The molecule has 2 heteroatoms. The van der Waals surface area contributed by atoms with Crippen LogP contribution in [0.2, 0.25) is 0 Å². The van der Waals surface area contributed by atoms with E-state index in [1.807, 2.05) is 24.3 Å². The van der Waals surface area contributed by atoms with E-state index in [1.165, 1.54) is 20.9 Å². The molecule has 0 unspecified atom stereocenters. The van der Waals surface area contributed by atoms with Crippen LogP contribution in [0.5, 0.6) is 0 Å². The number of hydrogen-bond acceptors (Lipinski definition) is 2. The topological polar surface area (TPSA) is 17.1 Å². The fourth-order valence-corrected chi connectivity index (χ4v) is 3.11. The Morgan fingerprint density at radius 2 is 1.25 bits per heavy atom. The Morgan fingerprint density at radius 1 is 0.750 bits per heavy atom. The molecule has 3 rings (SSSR count). The fourth-order valence-electron chi connectivity index (χ4n) is 2.09. The van der Waals surface area contributed by atoms with E-state index in [0.29, 0.717) is 5.56 Å². The largest absolute Gasteiger partial charge is 0.298 e. The van der Waals surface area contributed by atoms with Crippen molar-refractivity contribution in [2.75, 3.05) is 0 Å². The highest BCUT2D eigenvalue weighted by molar-refractivity contribution is 7.18. The number of hydrogen-bond donors (Lipinski definition) is 0. The van der Waals surface area contributed by atoms with Gasteiger partial charge in [0.25, 0.3) is 0 Å². The van der Waals surface area contributed by atoms with E-state index in [-0.39, 0.29) is 0 Å². The van der Waals surface area contributed by atoms with E-state index < -0.39 is 0 Å². The number of rotatable bonds is 3. The van der Waals surface area contributed by atoms with Crippen molar-refractivity contribution in [1.29, 1.82) is 0 Å². The van der Waals surface area contributed by atoms with Crippen LogP contribution in [0.3, 0.4) is 0 Å². The standard InChI is InChI=1S/C18H14OS/c1-13-2-6-15(7-3-13)17-10-11-18(20-17)16-8-4-14(12-19)5-9-16/h2-12H,1H3. The first-order chi connectivity index (χ1) is 9.76. The molecule has 2 aromatic carbocycles. The highest BCUT2D eigenvalue weighted by Crippen LogP contribution is 2.34. The first-order valence-corrected chi connectivity index (χ1v) is 7.30. The first kappa shape index (κ1) is 12.8. The molecule has 0 amide bonds. The quantitative estimate of drug-likeness (QED) is 0.601. The fraction of sp³-hybridized carbons (Fsp3) is 0.0556. The van der Waals surface area contributed by atoms with Crippen LogP contribution in [-0.2, 0) is 0 Å². The Kier molecular flexibility index (Phi) is 3.48. The van der Waals surface area contributed by atoms with Crippen molar-refractivity contribution in [2.24, 2.45) is 0 Å². The summed E-state index contributed by atoms with van der Waals surface area (Å²) in [5.74, 6) is 0. The minimum Gasteiger partial charge on any atom is -0.298 e. The predicted octanol–water partition coefficient (Wildman–Crippen LogP) is 5.20. The number of aryl methyl sites for hydroxylation is 1. The van der Waals surface area contributed by atoms with E-state index in [1.54, 1.807) is 11.3 Å². The third-order valence-electron chi connectivity index (χ3n) is 3.27. The second kappa shape index (κ2) is 5.43. The van der Waals surface area contributed by atoms with E-state index in [9.17, 15) is 4.79 Å². The monoisotopic (exact) mass is 278 g/mol. The van der Waals surface area contributed by atoms with Gasteiger partial charge in [-0.15, -0.1) is 11.3 Å². The minimum absolute atomic E-state index is 0.712. The van der Waals surface area contributed by atoms with E-state index in [2.05, 4.69) is 43.3 Å². The van der Waals surface area contributed by atoms with Crippen molar-refractivity contribution in [3.63, 3.8) is 0 Å². The number of benzene rings is 2. The molecule has 0 saturated carbocycles. The zero-order valence-corrected chi connectivity index (χ0v) is 12.0. The van der Waals surface area contributed by atoms with Gasteiger partial charge in [-0.3, -0.25) is 4.79 Å². The minimum atomic E-state index is 0.712. The summed E-state index contributed by atoms with van der Waals surface area (Å²) in [5.41, 5.74) is 4.38. The van der Waals surface area contributed by atoms with Gasteiger partial charge in [-0.05, 0) is 30.2 Å². The van der Waals surface area contributed by atoms with Crippen LogP contribution in [-0.4, -0.2) is 6.29 Å². The van der Waals surface area contributed by atoms with Crippen molar-refractivity contribution in [3.8, 4) is 20.9 Å². The molecule has 1 aromatic heterocycles. The molecule has 0 aliphatic carbocycles. The Hall–Kier alpha value is -2.19. The third kappa shape index (κ3) is 2.56. The lowest BCUT2D eigenvalue weighted by atomic mass is 10.1. The maximum atomic E-state index is 10.7. The van der Waals surface area contributed by atoms with Crippen LogP contribution in [0.4, 0.5) is 0 Å². The van der Waals surface area contributed by atoms with Gasteiger partial charge in [0.15, 0.2) is 0 Å². The van der Waals surface area contributed by atoms with Crippen LogP contribution >= 0.6 is 11.3 Å². The summed E-state index contributed by atoms with van der Waals surface area (Å²) in [4.78, 5) is 13.2. The molecule has 0 aliphatic heterocycles. The van der Waals surface area contributed by atoms with Crippen molar-refractivity contribution in [1.82, 2.24) is 0 Å². The molecule has 0 spiro atoms. The van der Waals surface area contributed by atoms with Crippen LogP contribution in [0.1, 0.15) is 15.9 Å². The summed E-state index contributed by atoms with van der Waals surface area (Å²) in [6, 6.07) is 20.6. The summed E-state index contributed by atoms with van der Waals surface area (Å²) in [6.45, 7) is 2.10. The third-order valence-corrected chi connectivity index (χ3v) is 4.46. The van der Waals surface area contributed by atoms with Gasteiger partial charge in [0.05, 0.1) is 0 Å². The summed E-state index contributed by atoms with van der Waals surface area (Å²) in [7, 11) is 0. The normalized spacial score (nSPS) is 10.4. The number of aldehydes is 1. The van der Waals surface area contributed by atoms with Gasteiger partial charge in [-0.1, -0.05) is 54.1 Å². The molecule has 0 atom stereocenters. The summed E-state index contributed by atoms with van der Waals surface area (Å²) in [5, 5.41) is 0. The Balaban J connectivity index is 1.92. The van der Waals surface area contributed by atoms with Gasteiger partial charge >= 0.3 is 0 Å². The second-order valence-corrected chi connectivity index (χ2v) is 5.85. The smallest absolute Gasteiger partial charge is 0.150 e. The molecule has 0 fully saturated rings. The molecule has 3 aromatic rings. The van der Waals surface area contributed by atoms with Gasteiger partial charge in [0, 0.05) is 15.3 Å². The second-order valence-electron chi connectivity index (χ2n) is 4.77. The average Bonchev–Trinajstić information content (AvgIpc) is 2.98. The van der Waals surface area contributed by atoms with E-state index >= 15 is 0 Å². The van der Waals surface area contributed by atoms with Gasteiger partial charge in [0.1, 0.15) is 6.29 Å². The van der Waals surface area contributed by atoms with Crippen LogP contribution < -0.4 is 0 Å². The summed E-state index contributed by atoms with van der Waals surface area (Å²) < 4.78 is 0. The molecule has 0 bridgehead atoms. The molecule has 1 heterocycles. The Labute approximate surface area is 122 Å². The van der Waals surface area contributed by atoms with Crippen molar-refractivity contribution >= 4 is 17.6 Å². The zero-order valence-electron chi connectivity index (χ0n) is 11.2. The Bertz CT molecular complexity index is 721. The molecule has 98 valence electrons. The molecule has 0 radical (unpaired) electrons. The number of carbonyl (C=O) groups is 1. The average molecular weight is 278 g/mol. The molecular weight excluding hydrogens is 264 g/mol. The number of thiophene rings is 1. The predicted molar refractivity (Wildman–Crippen MR) is 85.3 cm³/mol. The first-order valence-electron chi connectivity index (χ1n) is 6.49. The van der Waals surface area contributed by atoms with Crippen LogP contribution in [0.25, 0.3) is 20.9 Å². The van der Waals surface area contributed by atoms with Crippen LogP contribution in [0, 0.1) is 6.92 Å². The molecule has 0 saturated heterocycles. The molecule has 0 N–H and O–H groups in total. The highest BCUT2D eigenvalue weighted by atomic mass is 32.1. The summed E-state index contributed by atoms with van der Waals surface area (Å²) in [6.07, 6.45) is 0.871. The molecular formula is C18H14OS. The highest BCUT2D eigenvalue weighted by Gasteiger charge is 2.05. The van der Waals surface area contributed by atoms with Crippen molar-refractivity contribution < 1.29 is 4.79 Å². The molecule has 0 aliphatic rings. The Morgan fingerprint density at radius 3 is 1.75 bits per heavy atom. The molecule has 20 heavy (non-hydrogen) atoms. The van der Waals surface area contributed by atoms with Crippen molar-refractivity contribution in [2.45, 2.75) is 6.92 Å². The van der Waals surface area contributed by atoms with Gasteiger partial charge in [-0.2, -0.15) is 0 Å². The van der Waals surface area contributed by atoms with Gasteiger partial charge < -0.3 is 0 Å². The SMILES string of the molecule is Cc1ccc(-c2ccc(-c3ccc(C=O)cc3)s2)cc1. The molecule has 1 nitrogen and oxygen atoms in total. The maximum Gasteiger partial charge on any atom is 0.150 e. The van der Waals surface area contributed by atoms with E-state index in [4.69, 9.17) is 0 Å². The lowest BCUT2D eigenvalue weighted by Gasteiger charge is -1.99. The van der Waals surface area contributed by atoms with Crippen LogP contribution in [0.15, 0.2) is 60.7 Å². The zero-order chi connectivity index (χ0) is 13.9. The summed E-state index contributed by atoms with van der Waals surface area (Å²) >= 11 is 1.77. The van der Waals surface area contributed by atoms with E-state index in [0.717, 1.165) is 11.8 Å². The lowest BCUT2D eigenvalue weighted by molar-refractivity contribution is 0.112. The van der Waals surface area contributed by atoms with Gasteiger partial charge in [0.2, 0.25) is 0 Å². The number of carbonyl (C=O) groups excluding carboxylic acids is 1. The van der Waals surface area contributed by atoms with Crippen molar-refractivity contribution in [3.05, 3.63) is 71.8 Å². The lowest BCUT2D eigenvalue weighted by Crippen LogP contribution is -1.78. The maximum absolute atomic E-state index is 10.7. The van der Waals surface area contributed by atoms with Gasteiger partial charge in [-0.25, -0.2) is 0 Å².